The van der Waals surface area contributed by atoms with Gasteiger partial charge in [0.1, 0.15) is 11.4 Å². The van der Waals surface area contributed by atoms with Gasteiger partial charge in [-0.3, -0.25) is 40.5 Å². The Labute approximate surface area is 299 Å². The Morgan fingerprint density at radius 1 is 0.327 bits per heavy atom. The zero-order valence-electron chi connectivity index (χ0n) is 30.5. The van der Waals surface area contributed by atoms with Crippen LogP contribution in [0.25, 0.3) is 0 Å². The normalized spacial score (nSPS) is 19.1. The van der Waals surface area contributed by atoms with Gasteiger partial charge in [0.15, 0.2) is 0 Å². The number of aliphatic imine (C=N–C) groups is 4. The lowest BCUT2D eigenvalue weighted by Crippen LogP contribution is -2.21. The second kappa shape index (κ2) is 14.4. The second-order valence-electron chi connectivity index (χ2n) is 12.3. The highest BCUT2D eigenvalue weighted by Crippen LogP contribution is 2.45. The lowest BCUT2D eigenvalue weighted by molar-refractivity contribution is -0.464. The standard InChI is InChI=1S/C36H40N8O8/c1-9-17-18(10-2)26-24(16-8)28-20(12-4)22(14-6)30(39-28)34(42(47)48)32-36(44(51)52)35(43(49)50)31(40-32)33(41(45)46)29-21(13-5)19(11-3)27(38-29)23(15-7)25(17)37-26/h9-16H2,1-8H3. The molecule has 0 saturated carbocycles. The van der Waals surface area contributed by atoms with Crippen LogP contribution in [-0.4, -0.2) is 42.5 Å². The van der Waals surface area contributed by atoms with Gasteiger partial charge in [-0.05, 0) is 84.8 Å². The number of hydrogen-bond acceptors (Lipinski definition) is 12. The lowest BCUT2D eigenvalue weighted by Gasteiger charge is -2.14. The van der Waals surface area contributed by atoms with Crippen LogP contribution in [-0.2, 0) is 0 Å². The van der Waals surface area contributed by atoms with Crippen LogP contribution in [0.2, 0.25) is 0 Å². The number of rotatable bonds is 12. The van der Waals surface area contributed by atoms with E-state index >= 15 is 0 Å². The van der Waals surface area contributed by atoms with Crippen LogP contribution < -0.4 is 0 Å². The van der Waals surface area contributed by atoms with Gasteiger partial charge in [0.25, 0.3) is 0 Å². The molecule has 0 radical (unpaired) electrons. The van der Waals surface area contributed by atoms with Crippen LogP contribution in [0.1, 0.15) is 107 Å². The predicted octanol–water partition coefficient (Wildman–Crippen LogP) is 8.24. The Bertz CT molecular complexity index is 2160. The van der Waals surface area contributed by atoms with E-state index in [0.717, 1.165) is 22.3 Å². The fourth-order valence-electron chi connectivity index (χ4n) is 7.86. The topological polar surface area (TPSA) is 222 Å². The minimum Gasteiger partial charge on any atom is -0.258 e. The molecule has 272 valence electrons. The van der Waals surface area contributed by atoms with Gasteiger partial charge in [0, 0.05) is 11.1 Å². The molecular formula is C36H40N8O8. The molecule has 16 heteroatoms. The summed E-state index contributed by atoms with van der Waals surface area (Å²) in [5.74, 6) is 0. The van der Waals surface area contributed by atoms with E-state index in [1.165, 1.54) is 0 Å². The molecule has 5 rings (SSSR count). The van der Waals surface area contributed by atoms with E-state index in [2.05, 4.69) is 4.99 Å². The molecule has 52 heavy (non-hydrogen) atoms. The zero-order valence-corrected chi connectivity index (χ0v) is 30.5. The molecule has 0 aliphatic carbocycles. The molecule has 16 nitrogen and oxygen atoms in total. The number of allylic oxidation sites excluding steroid dienone is 8. The summed E-state index contributed by atoms with van der Waals surface area (Å²) < 4.78 is 0. The molecule has 0 aromatic rings. The Hall–Kier alpha value is -5.80. The summed E-state index contributed by atoms with van der Waals surface area (Å²) in [4.78, 5) is 66.4. The maximum atomic E-state index is 13.1. The van der Waals surface area contributed by atoms with Gasteiger partial charge in [-0.1, -0.05) is 55.4 Å². The van der Waals surface area contributed by atoms with E-state index in [0.29, 0.717) is 83.6 Å². The summed E-state index contributed by atoms with van der Waals surface area (Å²) in [7, 11) is 0. The molecule has 5 aliphatic heterocycles. The van der Waals surface area contributed by atoms with Crippen LogP contribution in [0.5, 0.6) is 0 Å². The van der Waals surface area contributed by atoms with Crippen molar-refractivity contribution in [3.05, 3.63) is 131 Å². The Morgan fingerprint density at radius 2 is 0.615 bits per heavy atom. The van der Waals surface area contributed by atoms with Crippen LogP contribution in [0.4, 0.5) is 0 Å². The van der Waals surface area contributed by atoms with E-state index in [-0.39, 0.29) is 24.3 Å². The summed E-state index contributed by atoms with van der Waals surface area (Å²) in [5.41, 5.74) is 0.891. The van der Waals surface area contributed by atoms with Crippen molar-refractivity contribution in [1.29, 1.82) is 0 Å². The Morgan fingerprint density at radius 3 is 0.981 bits per heavy atom. The van der Waals surface area contributed by atoms with Crippen molar-refractivity contribution in [3.63, 3.8) is 0 Å². The van der Waals surface area contributed by atoms with Crippen LogP contribution in [0, 0.1) is 40.5 Å². The fourth-order valence-corrected chi connectivity index (χ4v) is 7.86. The molecule has 0 spiro atoms. The van der Waals surface area contributed by atoms with Gasteiger partial charge in [-0.25, -0.2) is 20.0 Å². The summed E-state index contributed by atoms with van der Waals surface area (Å²) in [6.45, 7) is 15.2. The summed E-state index contributed by atoms with van der Waals surface area (Å²) in [5, 5.41) is 51.5. The van der Waals surface area contributed by atoms with Gasteiger partial charge in [0.2, 0.25) is 11.4 Å². The average molecular weight is 713 g/mol. The van der Waals surface area contributed by atoms with Crippen molar-refractivity contribution in [2.45, 2.75) is 107 Å². The Balaban J connectivity index is 2.17. The smallest absolute Gasteiger partial charge is 0.258 e. The van der Waals surface area contributed by atoms with E-state index < -0.39 is 53.9 Å². The summed E-state index contributed by atoms with van der Waals surface area (Å²) >= 11 is 0. The maximum Gasteiger partial charge on any atom is 0.381 e. The highest BCUT2D eigenvalue weighted by Gasteiger charge is 2.54. The van der Waals surface area contributed by atoms with Crippen LogP contribution in [0.3, 0.4) is 0 Å². The minimum atomic E-state index is -1.33. The van der Waals surface area contributed by atoms with E-state index in [9.17, 15) is 40.5 Å². The molecule has 0 fully saturated rings. The van der Waals surface area contributed by atoms with Gasteiger partial charge < -0.3 is 0 Å². The molecule has 0 aromatic carbocycles. The second-order valence-corrected chi connectivity index (χ2v) is 12.3. The maximum absolute atomic E-state index is 13.1. The Kier molecular flexibility index (Phi) is 10.4. The van der Waals surface area contributed by atoms with Gasteiger partial charge in [-0.2, -0.15) is 0 Å². The van der Waals surface area contributed by atoms with Crippen molar-refractivity contribution in [1.82, 2.24) is 0 Å². The molecule has 0 atom stereocenters. The van der Waals surface area contributed by atoms with Crippen LogP contribution in [0.15, 0.2) is 110 Å². The third kappa shape index (κ3) is 5.52. The summed E-state index contributed by atoms with van der Waals surface area (Å²) in [6, 6.07) is 0. The van der Waals surface area contributed by atoms with Crippen molar-refractivity contribution >= 4 is 22.8 Å². The van der Waals surface area contributed by atoms with Gasteiger partial charge in [-0.15, -0.1) is 0 Å². The lowest BCUT2D eigenvalue weighted by atomic mass is 9.88. The van der Waals surface area contributed by atoms with E-state index in [1.54, 1.807) is 13.8 Å². The zero-order chi connectivity index (χ0) is 38.3. The molecule has 0 unspecified atom stereocenters. The molecule has 8 bridgehead atoms. The quantitative estimate of drug-likeness (QED) is 0.141. The highest BCUT2D eigenvalue weighted by atomic mass is 16.6. The first-order valence-corrected chi connectivity index (χ1v) is 17.6. The third-order valence-corrected chi connectivity index (χ3v) is 9.97. The first-order valence-electron chi connectivity index (χ1n) is 17.6. The number of nitro groups is 4. The van der Waals surface area contributed by atoms with Crippen molar-refractivity contribution in [3.8, 4) is 0 Å². The third-order valence-electron chi connectivity index (χ3n) is 9.97. The first kappa shape index (κ1) is 37.5. The van der Waals surface area contributed by atoms with Crippen molar-refractivity contribution in [2.75, 3.05) is 0 Å². The molecule has 5 heterocycles. The van der Waals surface area contributed by atoms with Gasteiger partial charge in [0.05, 0.1) is 42.5 Å². The molecule has 0 aromatic heterocycles. The monoisotopic (exact) mass is 712 g/mol. The number of hydrogen-bond donors (Lipinski definition) is 0. The fraction of sp³-hybridized carbons (Fsp3) is 0.444. The van der Waals surface area contributed by atoms with E-state index in [4.69, 9.17) is 15.0 Å². The van der Waals surface area contributed by atoms with Gasteiger partial charge >= 0.3 is 22.8 Å². The highest BCUT2D eigenvalue weighted by molar-refractivity contribution is 6.23. The first-order chi connectivity index (χ1) is 24.8. The van der Waals surface area contributed by atoms with Crippen molar-refractivity contribution in [2.24, 2.45) is 20.0 Å². The molecule has 0 saturated heterocycles. The van der Waals surface area contributed by atoms with Crippen LogP contribution >= 0.6 is 0 Å². The predicted molar refractivity (Wildman–Crippen MR) is 196 cm³/mol. The SMILES string of the molecule is CCC1=C(CC)C2=C(CC)C3=NC(=C(CC)C4=NC(=C([N+](=O)[O-])C5=NC(=C([N+](=O)[O-])C1=N2)C([N+](=O)[O-])=C5[N+](=O)[O-])C(CC)=C4CC)C(CC)=C3CC. The number of nitrogens with zero attached hydrogens (tertiary/aromatic N) is 8. The molecule has 0 N–H and O–H groups in total. The molecule has 5 aliphatic rings. The minimum absolute atomic E-state index is 0.226. The average Bonchev–Trinajstić information content (AvgIpc) is 3.86. The summed E-state index contributed by atoms with van der Waals surface area (Å²) in [6.07, 6.45) is 3.35. The van der Waals surface area contributed by atoms with E-state index in [1.807, 2.05) is 41.5 Å². The molecule has 0 amide bonds. The largest absolute Gasteiger partial charge is 0.381 e. The molecular weight excluding hydrogens is 672 g/mol. The van der Waals surface area contributed by atoms with Crippen molar-refractivity contribution < 1.29 is 19.7 Å². The number of fused-ring (bicyclic) bond motifs is 4.